The average molecular weight is 260 g/mol. The minimum Gasteiger partial charge on any atom is -0.368 e. The summed E-state index contributed by atoms with van der Waals surface area (Å²) in [6.45, 7) is 3.46. The first-order valence-electron chi connectivity index (χ1n) is 5.18. The van der Waals surface area contributed by atoms with Gasteiger partial charge >= 0.3 is 0 Å². The highest BCUT2D eigenvalue weighted by Gasteiger charge is 2.27. The second-order valence-electron chi connectivity index (χ2n) is 3.73. The SMILES string of the molecule is NC(=O)C(c1ccc(Cl)s1)N1CCNCC1. The van der Waals surface area contributed by atoms with Crippen molar-refractivity contribution >= 4 is 28.8 Å². The van der Waals surface area contributed by atoms with Gasteiger partial charge in [0.25, 0.3) is 0 Å². The number of piperazine rings is 1. The van der Waals surface area contributed by atoms with Crippen molar-refractivity contribution in [1.82, 2.24) is 10.2 Å². The molecule has 0 aromatic carbocycles. The van der Waals surface area contributed by atoms with Gasteiger partial charge in [-0.25, -0.2) is 0 Å². The predicted octanol–water partition coefficient (Wildman–Crippen LogP) is 0.833. The number of carbonyl (C=O) groups is 1. The third-order valence-corrected chi connectivity index (χ3v) is 3.93. The lowest BCUT2D eigenvalue weighted by atomic mass is 10.1. The summed E-state index contributed by atoms with van der Waals surface area (Å²) in [5.74, 6) is -0.305. The molecule has 1 fully saturated rings. The molecular weight excluding hydrogens is 246 g/mol. The van der Waals surface area contributed by atoms with Gasteiger partial charge in [0.1, 0.15) is 6.04 Å². The van der Waals surface area contributed by atoms with E-state index in [2.05, 4.69) is 10.2 Å². The van der Waals surface area contributed by atoms with Crippen molar-refractivity contribution in [3.63, 3.8) is 0 Å². The van der Waals surface area contributed by atoms with Crippen LogP contribution in [0.25, 0.3) is 0 Å². The zero-order chi connectivity index (χ0) is 11.5. The standard InChI is InChI=1S/C10H14ClN3OS/c11-8-2-1-7(16-8)9(10(12)15)14-5-3-13-4-6-14/h1-2,9,13H,3-6H2,(H2,12,15). The van der Waals surface area contributed by atoms with Gasteiger partial charge in [0.05, 0.1) is 4.34 Å². The van der Waals surface area contributed by atoms with Crippen LogP contribution in [-0.2, 0) is 4.79 Å². The van der Waals surface area contributed by atoms with E-state index in [-0.39, 0.29) is 11.9 Å². The van der Waals surface area contributed by atoms with Gasteiger partial charge < -0.3 is 11.1 Å². The minimum absolute atomic E-state index is 0.305. The molecule has 2 heterocycles. The van der Waals surface area contributed by atoms with Crippen LogP contribution in [0.1, 0.15) is 10.9 Å². The Hall–Kier alpha value is -0.620. The van der Waals surface area contributed by atoms with Gasteiger partial charge in [0.15, 0.2) is 0 Å². The van der Waals surface area contributed by atoms with Gasteiger partial charge in [0, 0.05) is 31.1 Å². The summed E-state index contributed by atoms with van der Waals surface area (Å²) in [7, 11) is 0. The first-order chi connectivity index (χ1) is 7.68. The molecule has 3 N–H and O–H groups in total. The van der Waals surface area contributed by atoms with E-state index in [0.717, 1.165) is 31.1 Å². The molecule has 0 spiro atoms. The molecule has 0 bridgehead atoms. The van der Waals surface area contributed by atoms with Gasteiger partial charge in [-0.05, 0) is 12.1 Å². The van der Waals surface area contributed by atoms with Crippen molar-refractivity contribution in [3.8, 4) is 0 Å². The van der Waals surface area contributed by atoms with E-state index in [1.165, 1.54) is 11.3 Å². The lowest BCUT2D eigenvalue weighted by Crippen LogP contribution is -2.48. The quantitative estimate of drug-likeness (QED) is 0.846. The number of carbonyl (C=O) groups excluding carboxylic acids is 1. The first kappa shape index (κ1) is 11.9. The van der Waals surface area contributed by atoms with Crippen LogP contribution in [0.4, 0.5) is 0 Å². The fourth-order valence-corrected chi connectivity index (χ4v) is 3.12. The van der Waals surface area contributed by atoms with Crippen molar-refractivity contribution < 1.29 is 4.79 Å². The molecule has 0 radical (unpaired) electrons. The minimum atomic E-state index is -0.334. The van der Waals surface area contributed by atoms with Gasteiger partial charge in [-0.1, -0.05) is 11.6 Å². The van der Waals surface area contributed by atoms with Gasteiger partial charge in [-0.3, -0.25) is 9.69 Å². The van der Waals surface area contributed by atoms with Crippen molar-refractivity contribution in [3.05, 3.63) is 21.3 Å². The number of thiophene rings is 1. The molecule has 1 aliphatic heterocycles. The van der Waals surface area contributed by atoms with Gasteiger partial charge in [-0.2, -0.15) is 0 Å². The van der Waals surface area contributed by atoms with Crippen LogP contribution in [-0.4, -0.2) is 37.0 Å². The summed E-state index contributed by atoms with van der Waals surface area (Å²) in [5, 5.41) is 3.25. The van der Waals surface area contributed by atoms with E-state index < -0.39 is 0 Å². The largest absolute Gasteiger partial charge is 0.368 e. The third kappa shape index (κ3) is 2.55. The molecule has 0 saturated carbocycles. The number of rotatable bonds is 3. The maximum Gasteiger partial charge on any atom is 0.240 e. The fourth-order valence-electron chi connectivity index (χ4n) is 1.92. The summed E-state index contributed by atoms with van der Waals surface area (Å²) < 4.78 is 0.691. The second-order valence-corrected chi connectivity index (χ2v) is 5.48. The summed E-state index contributed by atoms with van der Waals surface area (Å²) in [4.78, 5) is 14.6. The highest BCUT2D eigenvalue weighted by molar-refractivity contribution is 7.16. The monoisotopic (exact) mass is 259 g/mol. The van der Waals surface area contributed by atoms with Crippen LogP contribution in [0.5, 0.6) is 0 Å². The molecule has 1 saturated heterocycles. The van der Waals surface area contributed by atoms with E-state index in [4.69, 9.17) is 17.3 Å². The summed E-state index contributed by atoms with van der Waals surface area (Å²) in [6, 6.07) is 3.35. The smallest absolute Gasteiger partial charge is 0.240 e. The van der Waals surface area contributed by atoms with Crippen LogP contribution in [0.3, 0.4) is 0 Å². The molecule has 1 aromatic rings. The van der Waals surface area contributed by atoms with Crippen LogP contribution in [0, 0.1) is 0 Å². The Balaban J connectivity index is 2.19. The molecule has 1 atom stereocenters. The topological polar surface area (TPSA) is 58.4 Å². The van der Waals surface area contributed by atoms with Gasteiger partial charge in [0.2, 0.25) is 5.91 Å². The van der Waals surface area contributed by atoms with Crippen LogP contribution in [0.15, 0.2) is 12.1 Å². The first-order valence-corrected chi connectivity index (χ1v) is 6.37. The molecule has 6 heteroatoms. The zero-order valence-corrected chi connectivity index (χ0v) is 10.4. The Labute approximate surface area is 103 Å². The van der Waals surface area contributed by atoms with Crippen molar-refractivity contribution in [2.45, 2.75) is 6.04 Å². The Morgan fingerprint density at radius 3 is 2.69 bits per heavy atom. The van der Waals surface area contributed by atoms with E-state index in [1.54, 1.807) is 6.07 Å². The number of primary amides is 1. The lowest BCUT2D eigenvalue weighted by Gasteiger charge is -2.32. The van der Waals surface area contributed by atoms with Crippen molar-refractivity contribution in [1.29, 1.82) is 0 Å². The number of hydrogen-bond acceptors (Lipinski definition) is 4. The molecule has 1 unspecified atom stereocenters. The fraction of sp³-hybridized carbons (Fsp3) is 0.500. The normalized spacial score (nSPS) is 19.6. The summed E-state index contributed by atoms with van der Waals surface area (Å²) in [5.41, 5.74) is 5.47. The Morgan fingerprint density at radius 1 is 1.50 bits per heavy atom. The van der Waals surface area contributed by atoms with Crippen LogP contribution in [0.2, 0.25) is 4.34 Å². The number of hydrogen-bond donors (Lipinski definition) is 2. The number of halogens is 1. The van der Waals surface area contributed by atoms with E-state index in [0.29, 0.717) is 4.34 Å². The van der Waals surface area contributed by atoms with Gasteiger partial charge in [-0.15, -0.1) is 11.3 Å². The Bertz CT molecular complexity index is 376. The van der Waals surface area contributed by atoms with Crippen molar-refractivity contribution in [2.24, 2.45) is 5.73 Å². The zero-order valence-electron chi connectivity index (χ0n) is 8.78. The summed E-state index contributed by atoms with van der Waals surface area (Å²) >= 11 is 7.30. The van der Waals surface area contributed by atoms with Crippen molar-refractivity contribution in [2.75, 3.05) is 26.2 Å². The number of nitrogens with one attached hydrogen (secondary N) is 1. The number of amides is 1. The maximum absolute atomic E-state index is 11.5. The molecule has 2 rings (SSSR count). The molecular formula is C10H14ClN3OS. The Kier molecular flexibility index (Phi) is 3.81. The molecule has 0 aliphatic carbocycles. The molecule has 88 valence electrons. The molecule has 4 nitrogen and oxygen atoms in total. The average Bonchev–Trinajstić information content (AvgIpc) is 2.66. The van der Waals surface area contributed by atoms with E-state index in [9.17, 15) is 4.79 Å². The Morgan fingerprint density at radius 2 is 2.19 bits per heavy atom. The molecule has 16 heavy (non-hydrogen) atoms. The molecule has 1 aromatic heterocycles. The summed E-state index contributed by atoms with van der Waals surface area (Å²) in [6.07, 6.45) is 0. The highest BCUT2D eigenvalue weighted by atomic mass is 35.5. The van der Waals surface area contributed by atoms with E-state index in [1.807, 2.05) is 6.07 Å². The van der Waals surface area contributed by atoms with E-state index >= 15 is 0 Å². The predicted molar refractivity (Wildman–Crippen MR) is 65.7 cm³/mol. The third-order valence-electron chi connectivity index (χ3n) is 2.65. The lowest BCUT2D eigenvalue weighted by molar-refractivity contribution is -0.123. The second kappa shape index (κ2) is 5.14. The van der Waals surface area contributed by atoms with Crippen LogP contribution < -0.4 is 11.1 Å². The number of nitrogens with two attached hydrogens (primary N) is 1. The molecule has 1 aliphatic rings. The maximum atomic E-state index is 11.5. The van der Waals surface area contributed by atoms with Crippen LogP contribution >= 0.6 is 22.9 Å². The molecule has 1 amide bonds. The number of nitrogens with zero attached hydrogens (tertiary/aromatic N) is 1. The highest BCUT2D eigenvalue weighted by Crippen LogP contribution is 2.30.